The van der Waals surface area contributed by atoms with Crippen molar-refractivity contribution in [2.45, 2.75) is 31.5 Å². The fraction of sp³-hybridized carbons (Fsp3) is 0.368. The maximum Gasteiger partial charge on any atom is 0.119 e. The first-order chi connectivity index (χ1) is 10.8. The van der Waals surface area contributed by atoms with Crippen molar-refractivity contribution in [1.29, 1.82) is 0 Å². The molecule has 3 nitrogen and oxygen atoms in total. The first-order valence-corrected chi connectivity index (χ1v) is 7.95. The van der Waals surface area contributed by atoms with Gasteiger partial charge in [0.25, 0.3) is 0 Å². The Hall–Kier alpha value is -1.84. The molecule has 1 aliphatic rings. The van der Waals surface area contributed by atoms with Crippen LogP contribution in [-0.2, 0) is 6.54 Å². The van der Waals surface area contributed by atoms with E-state index in [4.69, 9.17) is 4.74 Å². The number of nitrogens with zero attached hydrogens (tertiary/aromatic N) is 1. The second kappa shape index (κ2) is 7.43. The van der Waals surface area contributed by atoms with Crippen molar-refractivity contribution >= 4 is 0 Å². The van der Waals surface area contributed by atoms with E-state index in [0.29, 0.717) is 19.2 Å². The normalized spacial score (nSPS) is 15.7. The molecule has 0 heterocycles. The molecule has 1 fully saturated rings. The summed E-state index contributed by atoms with van der Waals surface area (Å²) >= 11 is 0. The summed E-state index contributed by atoms with van der Waals surface area (Å²) in [5, 5.41) is 10.3. The van der Waals surface area contributed by atoms with E-state index in [9.17, 15) is 5.11 Å². The lowest BCUT2D eigenvalue weighted by Gasteiger charge is -2.25. The average Bonchev–Trinajstić information content (AvgIpc) is 3.39. The van der Waals surface area contributed by atoms with E-state index in [1.54, 1.807) is 0 Å². The van der Waals surface area contributed by atoms with Crippen molar-refractivity contribution in [3.63, 3.8) is 0 Å². The van der Waals surface area contributed by atoms with Gasteiger partial charge in [-0.1, -0.05) is 48.5 Å². The number of ether oxygens (including phenoxy) is 1. The standard InChI is InChI=1S/C19H23NO2/c21-18(15-22-19-9-5-2-6-10-19)14-20(17-11-12-17)13-16-7-3-1-4-8-16/h1-10,17-18,21H,11-15H2. The minimum atomic E-state index is -0.468. The molecule has 3 rings (SSSR count). The molecule has 2 aromatic carbocycles. The molecule has 0 radical (unpaired) electrons. The molecule has 1 aliphatic carbocycles. The lowest BCUT2D eigenvalue weighted by atomic mass is 10.2. The van der Waals surface area contributed by atoms with Gasteiger partial charge in [-0.25, -0.2) is 0 Å². The highest BCUT2D eigenvalue weighted by molar-refractivity contribution is 5.21. The molecule has 1 saturated carbocycles. The highest BCUT2D eigenvalue weighted by Gasteiger charge is 2.30. The molecule has 0 saturated heterocycles. The third-order valence-electron chi connectivity index (χ3n) is 3.92. The van der Waals surface area contributed by atoms with Crippen LogP contribution in [0.15, 0.2) is 60.7 Å². The van der Waals surface area contributed by atoms with Crippen molar-refractivity contribution in [1.82, 2.24) is 4.90 Å². The van der Waals surface area contributed by atoms with Gasteiger partial charge in [0, 0.05) is 19.1 Å². The monoisotopic (exact) mass is 297 g/mol. The number of hydrogen-bond acceptors (Lipinski definition) is 3. The first-order valence-electron chi connectivity index (χ1n) is 7.95. The minimum Gasteiger partial charge on any atom is -0.491 e. The van der Waals surface area contributed by atoms with Crippen LogP contribution in [0.1, 0.15) is 18.4 Å². The molecule has 0 aliphatic heterocycles. The first kappa shape index (κ1) is 15.1. The Morgan fingerprint density at radius 3 is 2.27 bits per heavy atom. The molecule has 0 bridgehead atoms. The van der Waals surface area contributed by atoms with Crippen molar-refractivity contribution in [3.8, 4) is 5.75 Å². The van der Waals surface area contributed by atoms with Crippen LogP contribution in [0.4, 0.5) is 0 Å². The van der Waals surface area contributed by atoms with Crippen molar-refractivity contribution < 1.29 is 9.84 Å². The molecular weight excluding hydrogens is 274 g/mol. The summed E-state index contributed by atoms with van der Waals surface area (Å²) in [4.78, 5) is 2.37. The van der Waals surface area contributed by atoms with E-state index in [0.717, 1.165) is 12.3 Å². The minimum absolute atomic E-state index is 0.335. The Morgan fingerprint density at radius 1 is 1.00 bits per heavy atom. The van der Waals surface area contributed by atoms with E-state index in [1.807, 2.05) is 36.4 Å². The van der Waals surface area contributed by atoms with Gasteiger partial charge >= 0.3 is 0 Å². The van der Waals surface area contributed by atoms with Gasteiger partial charge in [-0.3, -0.25) is 4.90 Å². The van der Waals surface area contributed by atoms with Crippen LogP contribution in [-0.4, -0.2) is 35.3 Å². The summed E-state index contributed by atoms with van der Waals surface area (Å²) in [6.45, 7) is 1.89. The summed E-state index contributed by atoms with van der Waals surface area (Å²) < 4.78 is 5.64. The number of aliphatic hydroxyl groups excluding tert-OH is 1. The smallest absolute Gasteiger partial charge is 0.119 e. The van der Waals surface area contributed by atoms with Crippen LogP contribution in [0.5, 0.6) is 5.75 Å². The molecule has 1 unspecified atom stereocenters. The Balaban J connectivity index is 1.50. The topological polar surface area (TPSA) is 32.7 Å². The molecule has 1 N–H and O–H groups in total. The highest BCUT2D eigenvalue weighted by Crippen LogP contribution is 2.28. The second-order valence-electron chi connectivity index (χ2n) is 5.92. The van der Waals surface area contributed by atoms with E-state index < -0.39 is 6.10 Å². The van der Waals surface area contributed by atoms with Crippen LogP contribution < -0.4 is 4.74 Å². The Morgan fingerprint density at radius 2 is 1.64 bits per heavy atom. The van der Waals surface area contributed by atoms with Gasteiger partial charge < -0.3 is 9.84 Å². The molecule has 1 atom stereocenters. The Bertz CT molecular complexity index is 554. The zero-order valence-corrected chi connectivity index (χ0v) is 12.8. The number of rotatable bonds is 8. The van der Waals surface area contributed by atoms with E-state index in [2.05, 4.69) is 29.2 Å². The molecule has 2 aromatic rings. The van der Waals surface area contributed by atoms with Gasteiger partial charge in [-0.05, 0) is 30.5 Å². The maximum absolute atomic E-state index is 10.3. The van der Waals surface area contributed by atoms with Gasteiger partial charge in [-0.2, -0.15) is 0 Å². The van der Waals surface area contributed by atoms with Gasteiger partial charge in [0.15, 0.2) is 0 Å². The van der Waals surface area contributed by atoms with Crippen molar-refractivity contribution in [2.75, 3.05) is 13.2 Å². The van der Waals surface area contributed by atoms with E-state index in [1.165, 1.54) is 18.4 Å². The number of para-hydroxylation sites is 1. The maximum atomic E-state index is 10.3. The molecule has 22 heavy (non-hydrogen) atoms. The molecule has 116 valence electrons. The van der Waals surface area contributed by atoms with Gasteiger partial charge in [-0.15, -0.1) is 0 Å². The summed E-state index contributed by atoms with van der Waals surface area (Å²) in [6, 6.07) is 20.7. The quantitative estimate of drug-likeness (QED) is 0.813. The van der Waals surface area contributed by atoms with Crippen LogP contribution in [0.2, 0.25) is 0 Å². The summed E-state index contributed by atoms with van der Waals surface area (Å²) in [6.07, 6.45) is 2.00. The number of benzene rings is 2. The van der Waals surface area contributed by atoms with Gasteiger partial charge in [0.2, 0.25) is 0 Å². The molecule has 0 aromatic heterocycles. The summed E-state index contributed by atoms with van der Waals surface area (Å²) in [5.41, 5.74) is 1.30. The number of aliphatic hydroxyl groups is 1. The molecule has 0 amide bonds. The molecular formula is C19H23NO2. The number of hydrogen-bond donors (Lipinski definition) is 1. The van der Waals surface area contributed by atoms with Crippen LogP contribution in [0.3, 0.4) is 0 Å². The Labute approximate surface area is 132 Å². The highest BCUT2D eigenvalue weighted by atomic mass is 16.5. The van der Waals surface area contributed by atoms with Gasteiger partial charge in [0.1, 0.15) is 18.5 Å². The molecule has 0 spiro atoms. The molecule has 3 heteroatoms. The van der Waals surface area contributed by atoms with E-state index in [-0.39, 0.29) is 0 Å². The van der Waals surface area contributed by atoms with Crippen LogP contribution >= 0.6 is 0 Å². The van der Waals surface area contributed by atoms with Crippen LogP contribution in [0.25, 0.3) is 0 Å². The van der Waals surface area contributed by atoms with Crippen LogP contribution in [0, 0.1) is 0 Å². The predicted molar refractivity (Wildman–Crippen MR) is 87.8 cm³/mol. The zero-order chi connectivity index (χ0) is 15.2. The Kier molecular flexibility index (Phi) is 5.09. The van der Waals surface area contributed by atoms with Crippen molar-refractivity contribution in [3.05, 3.63) is 66.2 Å². The fourth-order valence-electron chi connectivity index (χ4n) is 2.63. The predicted octanol–water partition coefficient (Wildman–Crippen LogP) is 3.09. The summed E-state index contributed by atoms with van der Waals surface area (Å²) in [7, 11) is 0. The fourth-order valence-corrected chi connectivity index (χ4v) is 2.63. The second-order valence-corrected chi connectivity index (χ2v) is 5.92. The third-order valence-corrected chi connectivity index (χ3v) is 3.92. The lowest BCUT2D eigenvalue weighted by Crippen LogP contribution is -2.36. The SMILES string of the molecule is OC(COc1ccccc1)CN(Cc1ccccc1)C1CC1. The summed E-state index contributed by atoms with van der Waals surface area (Å²) in [5.74, 6) is 0.808. The van der Waals surface area contributed by atoms with Crippen molar-refractivity contribution in [2.24, 2.45) is 0 Å². The largest absolute Gasteiger partial charge is 0.491 e. The zero-order valence-electron chi connectivity index (χ0n) is 12.8. The van der Waals surface area contributed by atoms with Gasteiger partial charge in [0.05, 0.1) is 0 Å². The third kappa shape index (κ3) is 4.58. The average molecular weight is 297 g/mol. The lowest BCUT2D eigenvalue weighted by molar-refractivity contribution is 0.0626. The van der Waals surface area contributed by atoms with E-state index >= 15 is 0 Å².